The number of ether oxygens (including phenoxy) is 1. The van der Waals surface area contributed by atoms with Crippen LogP contribution in [-0.2, 0) is 15.1 Å². The number of nitrogens with zero attached hydrogens (tertiary/aromatic N) is 1. The quantitative estimate of drug-likeness (QED) is 0.694. The summed E-state index contributed by atoms with van der Waals surface area (Å²) in [6.07, 6.45) is 0. The molecule has 1 N–H and O–H groups in total. The van der Waals surface area contributed by atoms with Crippen molar-refractivity contribution in [3.8, 4) is 0 Å². The van der Waals surface area contributed by atoms with Gasteiger partial charge in [0.1, 0.15) is 6.61 Å². The monoisotopic (exact) mass is 391 g/mol. The Morgan fingerprint density at radius 2 is 1.56 bits per heavy atom. The molecule has 2 aromatic carbocycles. The first-order valence-electron chi connectivity index (χ1n) is 9.18. The SMILES string of the molecule is CCN(CC)CCOC(=O)C(O)(c1ccccc1)c1cc(C)cc(C)c1.Cl. The van der Waals surface area contributed by atoms with Crippen LogP contribution in [0.5, 0.6) is 0 Å². The average Bonchev–Trinajstić information content (AvgIpc) is 2.64. The molecular weight excluding hydrogens is 362 g/mol. The number of hydrogen-bond donors (Lipinski definition) is 1. The molecule has 0 radical (unpaired) electrons. The summed E-state index contributed by atoms with van der Waals surface area (Å²) < 4.78 is 5.50. The molecule has 0 amide bonds. The Labute approximate surface area is 168 Å². The van der Waals surface area contributed by atoms with Crippen LogP contribution in [0.25, 0.3) is 0 Å². The standard InChI is InChI=1S/C22H29NO3.ClH/c1-5-23(6-2)12-13-26-21(24)22(25,19-10-8-7-9-11-19)20-15-17(3)14-18(4)16-20;/h7-11,14-16,25H,5-6,12-13H2,1-4H3;1H. The summed E-state index contributed by atoms with van der Waals surface area (Å²) in [5, 5.41) is 11.5. The van der Waals surface area contributed by atoms with Crippen LogP contribution in [0, 0.1) is 13.8 Å². The Hall–Kier alpha value is -1.88. The first kappa shape index (κ1) is 23.2. The van der Waals surface area contributed by atoms with Gasteiger partial charge in [-0.05, 0) is 38.1 Å². The van der Waals surface area contributed by atoms with E-state index in [0.29, 0.717) is 17.7 Å². The third-order valence-electron chi connectivity index (χ3n) is 4.66. The molecule has 0 aliphatic rings. The molecule has 0 saturated carbocycles. The smallest absolute Gasteiger partial charge is 0.347 e. The lowest BCUT2D eigenvalue weighted by molar-refractivity contribution is -0.162. The van der Waals surface area contributed by atoms with Crippen LogP contribution in [0.15, 0.2) is 48.5 Å². The number of rotatable bonds is 8. The third-order valence-corrected chi connectivity index (χ3v) is 4.66. The number of aliphatic hydroxyl groups is 1. The van der Waals surface area contributed by atoms with Crippen molar-refractivity contribution < 1.29 is 14.6 Å². The Morgan fingerprint density at radius 3 is 2.07 bits per heavy atom. The minimum absolute atomic E-state index is 0. The lowest BCUT2D eigenvalue weighted by Crippen LogP contribution is -2.40. The first-order valence-corrected chi connectivity index (χ1v) is 9.18. The van der Waals surface area contributed by atoms with Gasteiger partial charge in [0.25, 0.3) is 0 Å². The van der Waals surface area contributed by atoms with Gasteiger partial charge >= 0.3 is 5.97 Å². The molecule has 0 heterocycles. The topological polar surface area (TPSA) is 49.8 Å². The number of hydrogen-bond acceptors (Lipinski definition) is 4. The second-order valence-electron chi connectivity index (χ2n) is 6.62. The summed E-state index contributed by atoms with van der Waals surface area (Å²) in [5.41, 5.74) is 1.21. The fourth-order valence-electron chi connectivity index (χ4n) is 3.18. The van der Waals surface area contributed by atoms with E-state index in [2.05, 4.69) is 18.7 Å². The highest BCUT2D eigenvalue weighted by Crippen LogP contribution is 2.32. The van der Waals surface area contributed by atoms with Gasteiger partial charge in [0.2, 0.25) is 5.60 Å². The van der Waals surface area contributed by atoms with Crippen molar-refractivity contribution in [2.45, 2.75) is 33.3 Å². The first-order chi connectivity index (χ1) is 12.4. The molecule has 0 aliphatic carbocycles. The van der Waals surface area contributed by atoms with Crippen molar-refractivity contribution in [1.82, 2.24) is 4.90 Å². The van der Waals surface area contributed by atoms with Gasteiger partial charge in [-0.15, -0.1) is 12.4 Å². The van der Waals surface area contributed by atoms with Crippen LogP contribution in [0.1, 0.15) is 36.1 Å². The Bertz CT molecular complexity index is 711. The average molecular weight is 392 g/mol. The summed E-state index contributed by atoms with van der Waals surface area (Å²) in [6.45, 7) is 10.7. The number of esters is 1. The molecule has 0 spiro atoms. The Kier molecular flexibility index (Phi) is 8.97. The van der Waals surface area contributed by atoms with Crippen LogP contribution in [-0.4, -0.2) is 42.2 Å². The van der Waals surface area contributed by atoms with Gasteiger partial charge < -0.3 is 14.7 Å². The predicted octanol–water partition coefficient (Wildman–Crippen LogP) is 3.85. The number of aryl methyl sites for hydroxylation is 2. The molecule has 2 aromatic rings. The highest BCUT2D eigenvalue weighted by atomic mass is 35.5. The van der Waals surface area contributed by atoms with E-state index in [1.807, 2.05) is 50.2 Å². The molecule has 4 nitrogen and oxygen atoms in total. The van der Waals surface area contributed by atoms with Crippen molar-refractivity contribution >= 4 is 18.4 Å². The molecule has 0 aliphatic heterocycles. The highest BCUT2D eigenvalue weighted by Gasteiger charge is 2.41. The van der Waals surface area contributed by atoms with Gasteiger partial charge in [-0.1, -0.05) is 73.5 Å². The zero-order valence-electron chi connectivity index (χ0n) is 16.6. The molecule has 0 fully saturated rings. The lowest BCUT2D eigenvalue weighted by Gasteiger charge is -2.28. The summed E-state index contributed by atoms with van der Waals surface area (Å²) in [4.78, 5) is 15.1. The van der Waals surface area contributed by atoms with Gasteiger partial charge in [-0.2, -0.15) is 0 Å². The van der Waals surface area contributed by atoms with E-state index in [-0.39, 0.29) is 19.0 Å². The summed E-state index contributed by atoms with van der Waals surface area (Å²) in [6, 6.07) is 14.7. The van der Waals surface area contributed by atoms with E-state index in [0.717, 1.165) is 24.2 Å². The molecule has 0 bridgehead atoms. The highest BCUT2D eigenvalue weighted by molar-refractivity contribution is 5.86. The molecule has 0 saturated heterocycles. The van der Waals surface area contributed by atoms with Gasteiger partial charge in [-0.25, -0.2) is 4.79 Å². The van der Waals surface area contributed by atoms with E-state index >= 15 is 0 Å². The largest absolute Gasteiger partial charge is 0.462 e. The maximum Gasteiger partial charge on any atom is 0.347 e. The fourth-order valence-corrected chi connectivity index (χ4v) is 3.18. The van der Waals surface area contributed by atoms with Crippen molar-refractivity contribution in [3.05, 3.63) is 70.8 Å². The second kappa shape index (κ2) is 10.5. The van der Waals surface area contributed by atoms with E-state index in [1.165, 1.54) is 0 Å². The molecule has 0 aromatic heterocycles. The number of benzene rings is 2. The predicted molar refractivity (Wildman–Crippen MR) is 111 cm³/mol. The minimum Gasteiger partial charge on any atom is -0.462 e. The molecule has 1 unspecified atom stereocenters. The van der Waals surface area contributed by atoms with Crippen LogP contribution < -0.4 is 0 Å². The van der Waals surface area contributed by atoms with Crippen LogP contribution >= 0.6 is 12.4 Å². The number of carbonyl (C=O) groups is 1. The van der Waals surface area contributed by atoms with Crippen LogP contribution in [0.4, 0.5) is 0 Å². The molecule has 2 rings (SSSR count). The van der Waals surface area contributed by atoms with E-state index in [9.17, 15) is 9.90 Å². The number of halogens is 1. The van der Waals surface area contributed by atoms with Crippen molar-refractivity contribution in [2.24, 2.45) is 0 Å². The summed E-state index contributed by atoms with van der Waals surface area (Å²) in [7, 11) is 0. The normalized spacial score (nSPS) is 13.0. The zero-order chi connectivity index (χ0) is 19.2. The van der Waals surface area contributed by atoms with Gasteiger partial charge in [0.05, 0.1) is 0 Å². The third kappa shape index (κ3) is 5.55. The molecule has 5 heteroatoms. The lowest BCUT2D eigenvalue weighted by atomic mass is 9.85. The van der Waals surface area contributed by atoms with E-state index in [1.54, 1.807) is 12.1 Å². The van der Waals surface area contributed by atoms with Crippen molar-refractivity contribution in [2.75, 3.05) is 26.2 Å². The van der Waals surface area contributed by atoms with Crippen LogP contribution in [0.3, 0.4) is 0 Å². The Balaban J connectivity index is 0.00000364. The molecule has 27 heavy (non-hydrogen) atoms. The van der Waals surface area contributed by atoms with Crippen LogP contribution in [0.2, 0.25) is 0 Å². The second-order valence-corrected chi connectivity index (χ2v) is 6.62. The fraction of sp³-hybridized carbons (Fsp3) is 0.409. The molecule has 148 valence electrons. The molecule has 1 atom stereocenters. The van der Waals surface area contributed by atoms with Gasteiger partial charge in [0.15, 0.2) is 0 Å². The van der Waals surface area contributed by atoms with Crippen molar-refractivity contribution in [3.63, 3.8) is 0 Å². The van der Waals surface area contributed by atoms with Gasteiger partial charge in [0, 0.05) is 6.54 Å². The van der Waals surface area contributed by atoms with E-state index in [4.69, 9.17) is 4.74 Å². The zero-order valence-corrected chi connectivity index (χ0v) is 17.4. The van der Waals surface area contributed by atoms with E-state index < -0.39 is 11.6 Å². The number of likely N-dealkylation sites (N-methyl/N-ethyl adjacent to an activating group) is 1. The minimum atomic E-state index is -1.82. The Morgan fingerprint density at radius 1 is 1.00 bits per heavy atom. The van der Waals surface area contributed by atoms with Gasteiger partial charge in [-0.3, -0.25) is 0 Å². The summed E-state index contributed by atoms with van der Waals surface area (Å²) in [5.74, 6) is -0.638. The maximum absolute atomic E-state index is 13.0. The molecular formula is C22H30ClNO3. The summed E-state index contributed by atoms with van der Waals surface area (Å²) >= 11 is 0. The number of carbonyl (C=O) groups excluding carboxylic acids is 1. The van der Waals surface area contributed by atoms with Crippen molar-refractivity contribution in [1.29, 1.82) is 0 Å². The maximum atomic E-state index is 13.0.